The van der Waals surface area contributed by atoms with Gasteiger partial charge in [-0.3, -0.25) is 9.59 Å². The lowest BCUT2D eigenvalue weighted by Crippen LogP contribution is -2.58. The standard InChI is InChI=1S/C27H27BrN2O3/c1-17-22(24(31)30-27-13-10-26(11-14-27,12-15-27)25(32)33-2)20-16-19(28)8-9-21(20)29-23(17)18-6-4-3-5-7-18/h3-9,16H,10-15H2,1-2H3,(H,30,31). The van der Waals surface area contributed by atoms with Gasteiger partial charge in [0, 0.05) is 21.0 Å². The number of methoxy groups -OCH3 is 1. The minimum absolute atomic E-state index is 0.0670. The molecule has 6 heteroatoms. The molecule has 2 bridgehead atoms. The van der Waals surface area contributed by atoms with Gasteiger partial charge in [-0.15, -0.1) is 0 Å². The van der Waals surface area contributed by atoms with Crippen molar-refractivity contribution in [1.82, 2.24) is 10.3 Å². The highest BCUT2D eigenvalue weighted by Crippen LogP contribution is 2.53. The van der Waals surface area contributed by atoms with Crippen LogP contribution in [0.25, 0.3) is 22.2 Å². The van der Waals surface area contributed by atoms with E-state index >= 15 is 0 Å². The number of pyridine rings is 1. The van der Waals surface area contributed by atoms with Crippen molar-refractivity contribution in [3.05, 3.63) is 64.1 Å². The van der Waals surface area contributed by atoms with Gasteiger partial charge in [0.15, 0.2) is 0 Å². The van der Waals surface area contributed by atoms with E-state index < -0.39 is 0 Å². The van der Waals surface area contributed by atoms with Gasteiger partial charge >= 0.3 is 5.97 Å². The molecule has 1 amide bonds. The van der Waals surface area contributed by atoms with Crippen LogP contribution in [-0.4, -0.2) is 29.5 Å². The molecule has 6 rings (SSSR count). The Bertz CT molecular complexity index is 1230. The minimum Gasteiger partial charge on any atom is -0.469 e. The second kappa shape index (κ2) is 8.24. The number of amides is 1. The Labute approximate surface area is 202 Å². The van der Waals surface area contributed by atoms with Crippen LogP contribution in [0.4, 0.5) is 0 Å². The largest absolute Gasteiger partial charge is 0.469 e. The number of hydrogen-bond acceptors (Lipinski definition) is 4. The summed E-state index contributed by atoms with van der Waals surface area (Å²) in [5, 5.41) is 4.25. The zero-order valence-electron chi connectivity index (χ0n) is 18.9. The lowest BCUT2D eigenvalue weighted by atomic mass is 9.57. The normalized spacial score (nSPS) is 24.0. The summed E-state index contributed by atoms with van der Waals surface area (Å²) in [5.74, 6) is -0.168. The van der Waals surface area contributed by atoms with Crippen LogP contribution in [0, 0.1) is 12.3 Å². The van der Waals surface area contributed by atoms with Gasteiger partial charge in [-0.1, -0.05) is 46.3 Å². The van der Waals surface area contributed by atoms with Crippen LogP contribution in [-0.2, 0) is 9.53 Å². The SMILES string of the molecule is COC(=O)C12CCC(NC(=O)c3c(C)c(-c4ccccc4)nc4ccc(Br)cc34)(CC1)CC2. The van der Waals surface area contributed by atoms with Gasteiger partial charge in [-0.05, 0) is 69.2 Å². The molecule has 0 aliphatic heterocycles. The topological polar surface area (TPSA) is 68.3 Å². The Hall–Kier alpha value is -2.73. The first-order valence-corrected chi connectivity index (χ1v) is 12.2. The zero-order chi connectivity index (χ0) is 23.2. The van der Waals surface area contributed by atoms with E-state index in [4.69, 9.17) is 9.72 Å². The highest BCUT2D eigenvalue weighted by Gasteiger charge is 2.53. The Morgan fingerprint density at radius 3 is 2.30 bits per heavy atom. The molecular weight excluding hydrogens is 480 g/mol. The predicted molar refractivity (Wildman–Crippen MR) is 132 cm³/mol. The molecule has 1 heterocycles. The molecule has 5 nitrogen and oxygen atoms in total. The lowest BCUT2D eigenvalue weighted by Gasteiger charge is -2.52. The quantitative estimate of drug-likeness (QED) is 0.442. The van der Waals surface area contributed by atoms with Crippen LogP contribution in [0.3, 0.4) is 0 Å². The number of fused-ring (bicyclic) bond motifs is 4. The monoisotopic (exact) mass is 506 g/mol. The number of aromatic nitrogens is 1. The number of nitrogens with zero attached hydrogens (tertiary/aromatic N) is 1. The first-order chi connectivity index (χ1) is 15.9. The number of hydrogen-bond donors (Lipinski definition) is 1. The first kappa shape index (κ1) is 22.1. The van der Waals surface area contributed by atoms with E-state index in [1.54, 1.807) is 0 Å². The molecule has 1 aromatic heterocycles. The number of rotatable bonds is 4. The maximum atomic E-state index is 13.8. The maximum absolute atomic E-state index is 13.8. The van der Waals surface area contributed by atoms with Crippen molar-refractivity contribution in [1.29, 1.82) is 0 Å². The zero-order valence-corrected chi connectivity index (χ0v) is 20.5. The summed E-state index contributed by atoms with van der Waals surface area (Å²) in [6.45, 7) is 1.98. The molecule has 3 saturated carbocycles. The van der Waals surface area contributed by atoms with Gasteiger partial charge in [0.2, 0.25) is 0 Å². The molecule has 2 aromatic carbocycles. The second-order valence-corrected chi connectivity index (χ2v) is 10.4. The number of halogens is 1. The van der Waals surface area contributed by atoms with Gasteiger partial charge in [-0.2, -0.15) is 0 Å². The molecule has 0 radical (unpaired) electrons. The highest BCUT2D eigenvalue weighted by atomic mass is 79.9. The summed E-state index contributed by atoms with van der Waals surface area (Å²) in [6.07, 6.45) is 4.67. The number of carbonyl (C=O) groups excluding carboxylic acids is 2. The van der Waals surface area contributed by atoms with Crippen molar-refractivity contribution in [3.63, 3.8) is 0 Å². The van der Waals surface area contributed by atoms with Crippen molar-refractivity contribution in [2.75, 3.05) is 7.11 Å². The summed E-state index contributed by atoms with van der Waals surface area (Å²) in [6, 6.07) is 15.9. The Kier molecular flexibility index (Phi) is 5.52. The minimum atomic E-state index is -0.369. The fraction of sp³-hybridized carbons (Fsp3) is 0.370. The van der Waals surface area contributed by atoms with E-state index in [0.29, 0.717) is 5.56 Å². The number of esters is 1. The van der Waals surface area contributed by atoms with E-state index in [1.807, 2.05) is 55.5 Å². The third-order valence-corrected chi connectivity index (χ3v) is 8.20. The van der Waals surface area contributed by atoms with Crippen LogP contribution >= 0.6 is 15.9 Å². The van der Waals surface area contributed by atoms with Crippen molar-refractivity contribution in [2.24, 2.45) is 5.41 Å². The van der Waals surface area contributed by atoms with Crippen LogP contribution in [0.2, 0.25) is 0 Å². The number of benzene rings is 2. The fourth-order valence-corrected chi connectivity index (χ4v) is 6.06. The Morgan fingerprint density at radius 2 is 1.67 bits per heavy atom. The summed E-state index contributed by atoms with van der Waals surface area (Å²) in [4.78, 5) is 31.1. The molecule has 3 aliphatic carbocycles. The van der Waals surface area contributed by atoms with E-state index in [2.05, 4.69) is 21.2 Å². The van der Waals surface area contributed by atoms with Crippen LogP contribution in [0.5, 0.6) is 0 Å². The predicted octanol–water partition coefficient (Wildman–Crippen LogP) is 5.97. The third-order valence-electron chi connectivity index (χ3n) is 7.71. The van der Waals surface area contributed by atoms with Crippen LogP contribution in [0.1, 0.15) is 54.4 Å². The number of nitrogens with one attached hydrogen (secondary N) is 1. The molecule has 0 atom stereocenters. The second-order valence-electron chi connectivity index (χ2n) is 9.49. The molecule has 3 aromatic rings. The molecule has 0 unspecified atom stereocenters. The molecule has 3 aliphatic rings. The van der Waals surface area contributed by atoms with Gasteiger partial charge in [0.25, 0.3) is 5.91 Å². The molecular formula is C27H27BrN2O3. The van der Waals surface area contributed by atoms with Crippen molar-refractivity contribution in [2.45, 2.75) is 51.0 Å². The molecule has 3 fully saturated rings. The summed E-state index contributed by atoms with van der Waals surface area (Å²) in [5.41, 5.74) is 3.51. The van der Waals surface area contributed by atoms with E-state index in [0.717, 1.165) is 70.7 Å². The first-order valence-electron chi connectivity index (χ1n) is 11.4. The molecule has 1 N–H and O–H groups in total. The summed E-state index contributed by atoms with van der Waals surface area (Å²) in [7, 11) is 1.47. The van der Waals surface area contributed by atoms with Gasteiger partial charge in [0.05, 0.1) is 29.3 Å². The average molecular weight is 507 g/mol. The van der Waals surface area contributed by atoms with Crippen LogP contribution < -0.4 is 5.32 Å². The van der Waals surface area contributed by atoms with Gasteiger partial charge in [0.1, 0.15) is 0 Å². The average Bonchev–Trinajstić information content (AvgIpc) is 2.84. The third kappa shape index (κ3) is 3.74. The van der Waals surface area contributed by atoms with Gasteiger partial charge in [-0.25, -0.2) is 4.98 Å². The smallest absolute Gasteiger partial charge is 0.311 e. The Morgan fingerprint density at radius 1 is 1.00 bits per heavy atom. The molecule has 0 saturated heterocycles. The van der Waals surface area contributed by atoms with E-state index in [9.17, 15) is 9.59 Å². The van der Waals surface area contributed by atoms with Crippen molar-refractivity contribution < 1.29 is 14.3 Å². The van der Waals surface area contributed by atoms with Crippen LogP contribution in [0.15, 0.2) is 53.0 Å². The number of ether oxygens (including phenoxy) is 1. The Balaban J connectivity index is 1.53. The van der Waals surface area contributed by atoms with Gasteiger partial charge < -0.3 is 10.1 Å². The maximum Gasteiger partial charge on any atom is 0.311 e. The van der Waals surface area contributed by atoms with Crippen molar-refractivity contribution in [3.8, 4) is 11.3 Å². The fourth-order valence-electron chi connectivity index (χ4n) is 5.70. The van der Waals surface area contributed by atoms with E-state index in [-0.39, 0.29) is 22.8 Å². The summed E-state index contributed by atoms with van der Waals surface area (Å²) < 4.78 is 6.00. The lowest BCUT2D eigenvalue weighted by molar-refractivity contribution is -0.160. The van der Waals surface area contributed by atoms with Crippen molar-refractivity contribution >= 4 is 38.7 Å². The number of carbonyl (C=O) groups is 2. The molecule has 33 heavy (non-hydrogen) atoms. The molecule has 170 valence electrons. The molecule has 0 spiro atoms. The highest BCUT2D eigenvalue weighted by molar-refractivity contribution is 9.10. The summed E-state index contributed by atoms with van der Waals surface area (Å²) >= 11 is 3.56. The van der Waals surface area contributed by atoms with E-state index in [1.165, 1.54) is 7.11 Å².